The van der Waals surface area contributed by atoms with Gasteiger partial charge in [-0.25, -0.2) is 0 Å². The van der Waals surface area contributed by atoms with Crippen molar-refractivity contribution < 1.29 is 9.84 Å². The van der Waals surface area contributed by atoms with E-state index >= 15 is 0 Å². The maximum Gasteiger partial charge on any atom is 0.0837 e. The standard InChI is InChI=1S/C10H10Cl2O2/c11-8-2-1-6(3-9(8)12)10(13)4-7-5-14-7/h1-3,7,10,13H,4-5H2. The van der Waals surface area contributed by atoms with E-state index in [1.807, 2.05) is 0 Å². The van der Waals surface area contributed by atoms with Gasteiger partial charge in [-0.15, -0.1) is 0 Å². The fourth-order valence-corrected chi connectivity index (χ4v) is 1.62. The number of hydrogen-bond donors (Lipinski definition) is 1. The number of rotatable bonds is 3. The van der Waals surface area contributed by atoms with Gasteiger partial charge < -0.3 is 9.84 Å². The Morgan fingerprint density at radius 3 is 2.71 bits per heavy atom. The van der Waals surface area contributed by atoms with Crippen molar-refractivity contribution in [2.75, 3.05) is 6.61 Å². The summed E-state index contributed by atoms with van der Waals surface area (Å²) in [6, 6.07) is 5.16. The molecule has 1 aromatic rings. The summed E-state index contributed by atoms with van der Waals surface area (Å²) in [5, 5.41) is 10.7. The summed E-state index contributed by atoms with van der Waals surface area (Å²) in [6.45, 7) is 0.748. The molecule has 0 radical (unpaired) electrons. The Morgan fingerprint density at radius 1 is 1.43 bits per heavy atom. The number of epoxide rings is 1. The van der Waals surface area contributed by atoms with Crippen molar-refractivity contribution in [1.82, 2.24) is 0 Å². The van der Waals surface area contributed by atoms with Crippen LogP contribution in [-0.4, -0.2) is 17.8 Å². The molecule has 0 aliphatic carbocycles. The lowest BCUT2D eigenvalue weighted by atomic mass is 10.1. The number of aliphatic hydroxyl groups is 1. The summed E-state index contributed by atoms with van der Waals surface area (Å²) in [6.07, 6.45) is 0.314. The Morgan fingerprint density at radius 2 is 2.14 bits per heavy atom. The van der Waals surface area contributed by atoms with E-state index in [9.17, 15) is 5.11 Å². The minimum atomic E-state index is -0.516. The normalized spacial score (nSPS) is 22.1. The highest BCUT2D eigenvalue weighted by molar-refractivity contribution is 6.42. The molecule has 1 saturated heterocycles. The molecule has 1 heterocycles. The van der Waals surface area contributed by atoms with Crippen LogP contribution in [0.5, 0.6) is 0 Å². The average Bonchev–Trinajstić information content (AvgIpc) is 2.93. The van der Waals surface area contributed by atoms with Gasteiger partial charge >= 0.3 is 0 Å². The molecule has 2 rings (SSSR count). The molecule has 76 valence electrons. The fraction of sp³-hybridized carbons (Fsp3) is 0.400. The molecule has 1 aliphatic heterocycles. The monoisotopic (exact) mass is 232 g/mol. The predicted octanol–water partition coefficient (Wildman–Crippen LogP) is 2.82. The zero-order chi connectivity index (χ0) is 10.1. The summed E-state index contributed by atoms with van der Waals surface area (Å²) in [5.41, 5.74) is 0.787. The van der Waals surface area contributed by atoms with Crippen molar-refractivity contribution in [3.05, 3.63) is 33.8 Å². The van der Waals surface area contributed by atoms with Crippen LogP contribution in [0.3, 0.4) is 0 Å². The molecule has 2 atom stereocenters. The summed E-state index contributed by atoms with van der Waals surface area (Å²) < 4.78 is 5.04. The van der Waals surface area contributed by atoms with Crippen molar-refractivity contribution in [2.45, 2.75) is 18.6 Å². The minimum Gasteiger partial charge on any atom is -0.388 e. The van der Waals surface area contributed by atoms with E-state index in [0.717, 1.165) is 12.2 Å². The molecule has 2 nitrogen and oxygen atoms in total. The highest BCUT2D eigenvalue weighted by Crippen LogP contribution is 2.29. The smallest absolute Gasteiger partial charge is 0.0837 e. The number of aliphatic hydroxyl groups excluding tert-OH is 1. The van der Waals surface area contributed by atoms with Crippen LogP contribution in [-0.2, 0) is 4.74 Å². The topological polar surface area (TPSA) is 32.8 Å². The first-order valence-electron chi connectivity index (χ1n) is 4.41. The second-order valence-electron chi connectivity index (χ2n) is 3.38. The van der Waals surface area contributed by atoms with Gasteiger partial charge in [-0.3, -0.25) is 0 Å². The molecule has 1 N–H and O–H groups in total. The molecule has 1 aliphatic rings. The van der Waals surface area contributed by atoms with Crippen LogP contribution in [0, 0.1) is 0 Å². The zero-order valence-electron chi connectivity index (χ0n) is 7.41. The van der Waals surface area contributed by atoms with E-state index in [-0.39, 0.29) is 6.10 Å². The Labute approximate surface area is 92.4 Å². The highest BCUT2D eigenvalue weighted by atomic mass is 35.5. The Kier molecular flexibility index (Phi) is 2.98. The van der Waals surface area contributed by atoms with E-state index in [0.29, 0.717) is 16.5 Å². The van der Waals surface area contributed by atoms with Crippen LogP contribution >= 0.6 is 23.2 Å². The quantitative estimate of drug-likeness (QED) is 0.814. The Hall–Kier alpha value is -0.280. The molecule has 2 unspecified atom stereocenters. The summed E-state index contributed by atoms with van der Waals surface area (Å²) >= 11 is 11.6. The molecule has 0 spiro atoms. The van der Waals surface area contributed by atoms with Gasteiger partial charge in [-0.05, 0) is 17.7 Å². The van der Waals surface area contributed by atoms with Gasteiger partial charge in [0.25, 0.3) is 0 Å². The zero-order valence-corrected chi connectivity index (χ0v) is 8.92. The summed E-state index contributed by atoms with van der Waals surface area (Å²) in [5.74, 6) is 0. The van der Waals surface area contributed by atoms with Gasteiger partial charge in [-0.1, -0.05) is 29.3 Å². The predicted molar refractivity (Wildman–Crippen MR) is 55.8 cm³/mol. The lowest BCUT2D eigenvalue weighted by Gasteiger charge is -2.09. The molecule has 0 amide bonds. The van der Waals surface area contributed by atoms with Gasteiger partial charge in [-0.2, -0.15) is 0 Å². The molecule has 1 fully saturated rings. The summed E-state index contributed by atoms with van der Waals surface area (Å²) in [7, 11) is 0. The highest BCUT2D eigenvalue weighted by Gasteiger charge is 2.26. The molecule has 0 aromatic heterocycles. The maximum atomic E-state index is 9.76. The number of benzene rings is 1. The number of ether oxygens (including phenoxy) is 1. The van der Waals surface area contributed by atoms with Gasteiger partial charge in [0.2, 0.25) is 0 Å². The van der Waals surface area contributed by atoms with Crippen molar-refractivity contribution in [1.29, 1.82) is 0 Å². The minimum absolute atomic E-state index is 0.208. The Balaban J connectivity index is 2.10. The third-order valence-corrected chi connectivity index (χ3v) is 2.96. The largest absolute Gasteiger partial charge is 0.388 e. The van der Waals surface area contributed by atoms with E-state index in [1.165, 1.54) is 0 Å². The van der Waals surface area contributed by atoms with E-state index in [4.69, 9.17) is 27.9 Å². The maximum absolute atomic E-state index is 9.76. The first kappa shape index (κ1) is 10.2. The van der Waals surface area contributed by atoms with Crippen LogP contribution in [0.4, 0.5) is 0 Å². The third kappa shape index (κ3) is 2.39. The molecule has 4 heteroatoms. The average molecular weight is 233 g/mol. The third-order valence-electron chi connectivity index (χ3n) is 2.22. The van der Waals surface area contributed by atoms with Crippen LogP contribution in [0.1, 0.15) is 18.1 Å². The van der Waals surface area contributed by atoms with Crippen molar-refractivity contribution >= 4 is 23.2 Å². The first-order valence-corrected chi connectivity index (χ1v) is 5.17. The molecule has 0 bridgehead atoms. The molecule has 14 heavy (non-hydrogen) atoms. The van der Waals surface area contributed by atoms with Crippen molar-refractivity contribution in [2.24, 2.45) is 0 Å². The summed E-state index contributed by atoms with van der Waals surface area (Å²) in [4.78, 5) is 0. The lowest BCUT2D eigenvalue weighted by Crippen LogP contribution is -2.01. The van der Waals surface area contributed by atoms with E-state index in [1.54, 1.807) is 18.2 Å². The fourth-order valence-electron chi connectivity index (χ4n) is 1.31. The second kappa shape index (κ2) is 4.07. The lowest BCUT2D eigenvalue weighted by molar-refractivity contribution is 0.154. The van der Waals surface area contributed by atoms with Gasteiger partial charge in [0.05, 0.1) is 28.9 Å². The van der Waals surface area contributed by atoms with Gasteiger partial charge in [0.1, 0.15) is 0 Å². The molecule has 0 saturated carbocycles. The number of hydrogen-bond acceptors (Lipinski definition) is 2. The van der Waals surface area contributed by atoms with Crippen LogP contribution in [0.25, 0.3) is 0 Å². The second-order valence-corrected chi connectivity index (χ2v) is 4.19. The first-order chi connectivity index (χ1) is 6.66. The van der Waals surface area contributed by atoms with E-state index in [2.05, 4.69) is 0 Å². The molecular formula is C10H10Cl2O2. The van der Waals surface area contributed by atoms with E-state index < -0.39 is 6.10 Å². The van der Waals surface area contributed by atoms with Crippen LogP contribution in [0.15, 0.2) is 18.2 Å². The van der Waals surface area contributed by atoms with Gasteiger partial charge in [0, 0.05) is 6.42 Å². The molecular weight excluding hydrogens is 223 g/mol. The SMILES string of the molecule is OC(CC1CO1)c1ccc(Cl)c(Cl)c1. The van der Waals surface area contributed by atoms with Crippen molar-refractivity contribution in [3.63, 3.8) is 0 Å². The number of halogens is 2. The van der Waals surface area contributed by atoms with Gasteiger partial charge in [0.15, 0.2) is 0 Å². The van der Waals surface area contributed by atoms with Crippen LogP contribution in [0.2, 0.25) is 10.0 Å². The van der Waals surface area contributed by atoms with Crippen molar-refractivity contribution in [3.8, 4) is 0 Å². The van der Waals surface area contributed by atoms with Crippen LogP contribution < -0.4 is 0 Å². The Bertz CT molecular complexity index is 337. The molecule has 1 aromatic carbocycles.